The number of hydrogen-bond donors (Lipinski definition) is 1. The van der Waals surface area contributed by atoms with Crippen molar-refractivity contribution in [1.29, 1.82) is 5.26 Å². The fourth-order valence-corrected chi connectivity index (χ4v) is 3.05. The molecule has 90 valence electrons. The number of aliphatic hydroxyl groups excluding tert-OH is 1. The van der Waals surface area contributed by atoms with Crippen molar-refractivity contribution in [2.24, 2.45) is 0 Å². The number of hydrogen-bond acceptors (Lipinski definition) is 3. The molecule has 0 spiro atoms. The molecule has 0 heterocycles. The molecule has 0 fully saturated rings. The molecule has 0 bridgehead atoms. The number of nitriles is 1. The van der Waals surface area contributed by atoms with E-state index in [1.54, 1.807) is 11.8 Å². The molecule has 1 atom stereocenters. The van der Waals surface area contributed by atoms with E-state index in [4.69, 9.17) is 5.26 Å². The van der Waals surface area contributed by atoms with E-state index in [-0.39, 0.29) is 6.42 Å². The van der Waals surface area contributed by atoms with Crippen LogP contribution in [0.15, 0.2) is 23.1 Å². The molecular weight excluding hydrogens is 230 g/mol. The predicted octanol–water partition coefficient (Wildman–Crippen LogP) is 2.93. The predicted molar refractivity (Wildman–Crippen MR) is 70.0 cm³/mol. The largest absolute Gasteiger partial charge is 0.391 e. The third-order valence-electron chi connectivity index (χ3n) is 3.09. The Morgan fingerprint density at radius 1 is 1.29 bits per heavy atom. The van der Waals surface area contributed by atoms with Gasteiger partial charge in [0.15, 0.2) is 0 Å². The maximum atomic E-state index is 9.51. The van der Waals surface area contributed by atoms with Gasteiger partial charge in [0, 0.05) is 10.6 Å². The molecule has 3 heteroatoms. The molecule has 0 aromatic heterocycles. The first kappa shape index (κ1) is 12.5. The molecule has 1 N–H and O–H groups in total. The summed E-state index contributed by atoms with van der Waals surface area (Å²) in [6.07, 6.45) is 4.69. The highest BCUT2D eigenvalue weighted by atomic mass is 32.2. The van der Waals surface area contributed by atoms with Crippen LogP contribution in [0.2, 0.25) is 0 Å². The smallest absolute Gasteiger partial charge is 0.0763 e. The zero-order chi connectivity index (χ0) is 12.1. The van der Waals surface area contributed by atoms with Crippen LogP contribution in [0.5, 0.6) is 0 Å². The van der Waals surface area contributed by atoms with E-state index in [0.29, 0.717) is 5.75 Å². The van der Waals surface area contributed by atoms with E-state index in [2.05, 4.69) is 18.2 Å². The third-order valence-corrected chi connectivity index (χ3v) is 4.23. The van der Waals surface area contributed by atoms with Crippen LogP contribution in [-0.4, -0.2) is 17.0 Å². The SMILES string of the molecule is N#CCC(O)CSc1ccc2c(c1)CCCC2. The molecule has 0 saturated carbocycles. The molecule has 1 aromatic carbocycles. The lowest BCUT2D eigenvalue weighted by atomic mass is 9.92. The number of aryl methyl sites for hydroxylation is 2. The van der Waals surface area contributed by atoms with Crippen molar-refractivity contribution >= 4 is 11.8 Å². The number of benzene rings is 1. The van der Waals surface area contributed by atoms with Gasteiger partial charge in [-0.25, -0.2) is 0 Å². The zero-order valence-electron chi connectivity index (χ0n) is 9.85. The van der Waals surface area contributed by atoms with Crippen LogP contribution < -0.4 is 0 Å². The van der Waals surface area contributed by atoms with E-state index in [9.17, 15) is 5.11 Å². The number of nitrogens with zero attached hydrogens (tertiary/aromatic N) is 1. The minimum Gasteiger partial charge on any atom is -0.391 e. The summed E-state index contributed by atoms with van der Waals surface area (Å²) in [5.74, 6) is 0.604. The fourth-order valence-electron chi connectivity index (χ4n) is 2.16. The van der Waals surface area contributed by atoms with Gasteiger partial charge in [-0.15, -0.1) is 11.8 Å². The van der Waals surface area contributed by atoms with Gasteiger partial charge in [0.1, 0.15) is 0 Å². The monoisotopic (exact) mass is 247 g/mol. The lowest BCUT2D eigenvalue weighted by Gasteiger charge is -2.16. The minimum atomic E-state index is -0.513. The molecule has 0 amide bonds. The van der Waals surface area contributed by atoms with Gasteiger partial charge in [-0.05, 0) is 48.9 Å². The summed E-state index contributed by atoms with van der Waals surface area (Å²) in [4.78, 5) is 1.21. The van der Waals surface area contributed by atoms with Crippen LogP contribution in [0, 0.1) is 11.3 Å². The van der Waals surface area contributed by atoms with Crippen molar-refractivity contribution in [3.8, 4) is 6.07 Å². The Bertz CT molecular complexity index is 425. The second-order valence-electron chi connectivity index (χ2n) is 4.46. The second-order valence-corrected chi connectivity index (χ2v) is 5.56. The second kappa shape index (κ2) is 6.09. The average molecular weight is 247 g/mol. The number of rotatable bonds is 4. The Morgan fingerprint density at radius 3 is 2.82 bits per heavy atom. The van der Waals surface area contributed by atoms with E-state index < -0.39 is 6.10 Å². The van der Waals surface area contributed by atoms with Crippen LogP contribution in [-0.2, 0) is 12.8 Å². The quantitative estimate of drug-likeness (QED) is 0.832. The van der Waals surface area contributed by atoms with Crippen molar-refractivity contribution in [2.45, 2.75) is 43.1 Å². The Labute approximate surface area is 107 Å². The van der Waals surface area contributed by atoms with Crippen molar-refractivity contribution < 1.29 is 5.11 Å². The van der Waals surface area contributed by atoms with E-state index in [1.165, 1.54) is 41.7 Å². The Morgan fingerprint density at radius 2 is 2.06 bits per heavy atom. The van der Waals surface area contributed by atoms with Crippen LogP contribution >= 0.6 is 11.8 Å². The molecule has 2 rings (SSSR count). The van der Waals surface area contributed by atoms with Crippen LogP contribution in [0.3, 0.4) is 0 Å². The molecule has 17 heavy (non-hydrogen) atoms. The van der Waals surface area contributed by atoms with E-state index in [1.807, 2.05) is 6.07 Å². The van der Waals surface area contributed by atoms with Gasteiger partial charge >= 0.3 is 0 Å². The molecule has 2 nitrogen and oxygen atoms in total. The number of fused-ring (bicyclic) bond motifs is 1. The van der Waals surface area contributed by atoms with Gasteiger partial charge in [0.05, 0.1) is 18.6 Å². The van der Waals surface area contributed by atoms with Crippen LogP contribution in [0.25, 0.3) is 0 Å². The molecule has 0 aliphatic heterocycles. The van der Waals surface area contributed by atoms with Crippen molar-refractivity contribution in [2.75, 3.05) is 5.75 Å². The first-order valence-corrected chi connectivity index (χ1v) is 7.08. The summed E-state index contributed by atoms with van der Waals surface area (Å²) in [6, 6.07) is 8.59. The van der Waals surface area contributed by atoms with Gasteiger partial charge in [-0.2, -0.15) is 5.26 Å². The van der Waals surface area contributed by atoms with Crippen molar-refractivity contribution in [3.05, 3.63) is 29.3 Å². The molecular formula is C14H17NOS. The lowest BCUT2D eigenvalue weighted by Crippen LogP contribution is -2.08. The lowest BCUT2D eigenvalue weighted by molar-refractivity contribution is 0.205. The average Bonchev–Trinajstić information content (AvgIpc) is 2.36. The van der Waals surface area contributed by atoms with Crippen molar-refractivity contribution in [3.63, 3.8) is 0 Å². The number of aliphatic hydroxyl groups is 1. The molecule has 1 aliphatic rings. The summed E-state index contributed by atoms with van der Waals surface area (Å²) < 4.78 is 0. The van der Waals surface area contributed by atoms with E-state index >= 15 is 0 Å². The highest BCUT2D eigenvalue weighted by molar-refractivity contribution is 7.99. The fraction of sp³-hybridized carbons (Fsp3) is 0.500. The van der Waals surface area contributed by atoms with Crippen molar-refractivity contribution in [1.82, 2.24) is 0 Å². The van der Waals surface area contributed by atoms with Crippen LogP contribution in [0.1, 0.15) is 30.4 Å². The summed E-state index contributed by atoms with van der Waals surface area (Å²) >= 11 is 1.64. The molecule has 0 saturated heterocycles. The van der Waals surface area contributed by atoms with Gasteiger partial charge in [0.2, 0.25) is 0 Å². The normalized spacial score (nSPS) is 16.0. The first-order chi connectivity index (χ1) is 8.29. The van der Waals surface area contributed by atoms with E-state index in [0.717, 1.165) is 0 Å². The molecule has 1 unspecified atom stereocenters. The van der Waals surface area contributed by atoms with Gasteiger partial charge in [-0.3, -0.25) is 0 Å². The van der Waals surface area contributed by atoms with Gasteiger partial charge < -0.3 is 5.11 Å². The summed E-state index contributed by atoms with van der Waals surface area (Å²) in [5.41, 5.74) is 2.95. The highest BCUT2D eigenvalue weighted by Crippen LogP contribution is 2.27. The highest BCUT2D eigenvalue weighted by Gasteiger charge is 2.10. The third kappa shape index (κ3) is 3.49. The summed E-state index contributed by atoms with van der Waals surface area (Å²) in [5, 5.41) is 18.0. The summed E-state index contributed by atoms with van der Waals surface area (Å²) in [6.45, 7) is 0. The molecule has 1 aliphatic carbocycles. The first-order valence-electron chi connectivity index (χ1n) is 6.09. The minimum absolute atomic E-state index is 0.220. The molecule has 0 radical (unpaired) electrons. The Kier molecular flexibility index (Phi) is 4.47. The summed E-state index contributed by atoms with van der Waals surface area (Å²) in [7, 11) is 0. The topological polar surface area (TPSA) is 44.0 Å². The standard InChI is InChI=1S/C14H17NOS/c15-8-7-13(16)10-17-14-6-5-11-3-1-2-4-12(11)9-14/h5-6,9,13,16H,1-4,7,10H2. The maximum Gasteiger partial charge on any atom is 0.0763 e. The Balaban J connectivity index is 1.95. The molecule has 1 aromatic rings. The maximum absolute atomic E-state index is 9.51. The van der Waals surface area contributed by atoms with Crippen LogP contribution in [0.4, 0.5) is 0 Å². The zero-order valence-corrected chi connectivity index (χ0v) is 10.7. The van der Waals surface area contributed by atoms with Gasteiger partial charge in [-0.1, -0.05) is 6.07 Å². The Hall–Kier alpha value is -0.980. The van der Waals surface area contributed by atoms with Gasteiger partial charge in [0.25, 0.3) is 0 Å². The number of thioether (sulfide) groups is 1.